The molecule has 0 amide bonds. The van der Waals surface area contributed by atoms with E-state index in [-0.39, 0.29) is 5.56 Å². The standard InChI is InChI=1S/C25H18ClN3O2S/c1-16-10-12-17(13-11-16)15-31-21-9-5-2-6-18(21)14-22-24(30)29-23(27-28-25(29)32-22)19-7-3-4-8-20(19)26/h2-14H,15H2,1H3/b22-14-. The van der Waals surface area contributed by atoms with Crippen molar-refractivity contribution in [2.24, 2.45) is 0 Å². The van der Waals surface area contributed by atoms with Crippen LogP contribution >= 0.6 is 22.9 Å². The van der Waals surface area contributed by atoms with Gasteiger partial charge >= 0.3 is 0 Å². The van der Waals surface area contributed by atoms with E-state index < -0.39 is 0 Å². The van der Waals surface area contributed by atoms with Gasteiger partial charge in [0.2, 0.25) is 4.96 Å². The fourth-order valence-electron chi connectivity index (χ4n) is 3.40. The Hall–Kier alpha value is -3.48. The average molecular weight is 460 g/mol. The SMILES string of the molecule is Cc1ccc(COc2ccccc2/C=c2\sc3nnc(-c4ccccc4Cl)n3c2=O)cc1. The van der Waals surface area contributed by atoms with E-state index in [0.717, 1.165) is 11.1 Å². The maximum Gasteiger partial charge on any atom is 0.276 e. The zero-order chi connectivity index (χ0) is 22.1. The Bertz CT molecular complexity index is 1520. The largest absolute Gasteiger partial charge is 0.488 e. The van der Waals surface area contributed by atoms with Crippen molar-refractivity contribution in [2.45, 2.75) is 13.5 Å². The zero-order valence-electron chi connectivity index (χ0n) is 17.2. The summed E-state index contributed by atoms with van der Waals surface area (Å²) >= 11 is 7.60. The van der Waals surface area contributed by atoms with Crippen molar-refractivity contribution >= 4 is 34.0 Å². The second-order valence-corrected chi connectivity index (χ2v) is 8.77. The van der Waals surface area contributed by atoms with Crippen molar-refractivity contribution in [3.63, 3.8) is 0 Å². The van der Waals surface area contributed by atoms with Gasteiger partial charge in [0.1, 0.15) is 12.4 Å². The fraction of sp³-hybridized carbons (Fsp3) is 0.0800. The first kappa shape index (κ1) is 20.4. The monoisotopic (exact) mass is 459 g/mol. The van der Waals surface area contributed by atoms with Gasteiger partial charge in [0.05, 0.1) is 9.55 Å². The number of hydrogen-bond acceptors (Lipinski definition) is 5. The number of benzene rings is 3. The van der Waals surface area contributed by atoms with Gasteiger partial charge in [-0.3, -0.25) is 4.79 Å². The Morgan fingerprint density at radius 1 is 1.00 bits per heavy atom. The average Bonchev–Trinajstić information content (AvgIpc) is 3.35. The first-order chi connectivity index (χ1) is 15.6. The van der Waals surface area contributed by atoms with E-state index in [9.17, 15) is 4.79 Å². The van der Waals surface area contributed by atoms with Crippen LogP contribution in [0.1, 0.15) is 16.7 Å². The van der Waals surface area contributed by atoms with Crippen molar-refractivity contribution < 1.29 is 4.74 Å². The van der Waals surface area contributed by atoms with Crippen molar-refractivity contribution in [3.8, 4) is 17.1 Å². The number of hydrogen-bond donors (Lipinski definition) is 0. The Labute approximate surface area is 193 Å². The summed E-state index contributed by atoms with van der Waals surface area (Å²) in [5.74, 6) is 1.15. The van der Waals surface area contributed by atoms with Crippen LogP contribution in [-0.4, -0.2) is 14.6 Å². The molecular formula is C25H18ClN3O2S. The molecule has 5 rings (SSSR count). The lowest BCUT2D eigenvalue weighted by molar-refractivity contribution is 0.305. The summed E-state index contributed by atoms with van der Waals surface area (Å²) < 4.78 is 8.12. The van der Waals surface area contributed by atoms with Gasteiger partial charge in [0.15, 0.2) is 5.82 Å². The van der Waals surface area contributed by atoms with Crippen LogP contribution < -0.4 is 14.8 Å². The molecular weight excluding hydrogens is 442 g/mol. The Kier molecular flexibility index (Phi) is 5.47. The molecule has 0 saturated heterocycles. The summed E-state index contributed by atoms with van der Waals surface area (Å²) in [7, 11) is 0. The molecule has 0 atom stereocenters. The molecule has 0 aliphatic heterocycles. The predicted molar refractivity (Wildman–Crippen MR) is 128 cm³/mol. The van der Waals surface area contributed by atoms with Gasteiger partial charge in [-0.05, 0) is 36.8 Å². The van der Waals surface area contributed by atoms with Crippen LogP contribution in [0.15, 0.2) is 77.6 Å². The lowest BCUT2D eigenvalue weighted by Gasteiger charge is -2.09. The van der Waals surface area contributed by atoms with Crippen LogP contribution in [0.2, 0.25) is 5.02 Å². The lowest BCUT2D eigenvalue weighted by Crippen LogP contribution is -2.23. The highest BCUT2D eigenvalue weighted by molar-refractivity contribution is 7.15. The topological polar surface area (TPSA) is 56.5 Å². The molecule has 5 nitrogen and oxygen atoms in total. The second-order valence-electron chi connectivity index (χ2n) is 7.35. The summed E-state index contributed by atoms with van der Waals surface area (Å²) in [5, 5.41) is 8.89. The highest BCUT2D eigenvalue weighted by Crippen LogP contribution is 2.26. The van der Waals surface area contributed by atoms with Crippen molar-refractivity contribution in [1.82, 2.24) is 14.6 Å². The van der Waals surface area contributed by atoms with Crippen LogP contribution in [0.5, 0.6) is 5.75 Å². The highest BCUT2D eigenvalue weighted by atomic mass is 35.5. The molecule has 3 aromatic carbocycles. The van der Waals surface area contributed by atoms with Gasteiger partial charge < -0.3 is 4.74 Å². The Morgan fingerprint density at radius 3 is 2.56 bits per heavy atom. The number of ether oxygens (including phenoxy) is 1. The van der Waals surface area contributed by atoms with Crippen LogP contribution in [0.25, 0.3) is 22.4 Å². The smallest absolute Gasteiger partial charge is 0.276 e. The van der Waals surface area contributed by atoms with Crippen molar-refractivity contribution in [3.05, 3.63) is 109 Å². The van der Waals surface area contributed by atoms with E-state index in [1.54, 1.807) is 6.07 Å². The third-order valence-corrected chi connectivity index (χ3v) is 6.37. The Balaban J connectivity index is 1.53. The molecule has 0 saturated carbocycles. The molecule has 7 heteroatoms. The molecule has 0 radical (unpaired) electrons. The van der Waals surface area contributed by atoms with Crippen LogP contribution in [0.4, 0.5) is 0 Å². The summed E-state index contributed by atoms with van der Waals surface area (Å²) in [6.07, 6.45) is 1.84. The summed E-state index contributed by atoms with van der Waals surface area (Å²) in [5.41, 5.74) is 3.61. The second kappa shape index (κ2) is 8.57. The third-order valence-electron chi connectivity index (χ3n) is 5.08. The maximum absolute atomic E-state index is 13.2. The van der Waals surface area contributed by atoms with Gasteiger partial charge in [-0.2, -0.15) is 0 Å². The van der Waals surface area contributed by atoms with Crippen LogP contribution in [0.3, 0.4) is 0 Å². The molecule has 2 heterocycles. The highest BCUT2D eigenvalue weighted by Gasteiger charge is 2.16. The van der Waals surface area contributed by atoms with E-state index >= 15 is 0 Å². The van der Waals surface area contributed by atoms with Crippen molar-refractivity contribution in [1.29, 1.82) is 0 Å². The Morgan fingerprint density at radius 2 is 1.75 bits per heavy atom. The minimum atomic E-state index is -0.182. The lowest BCUT2D eigenvalue weighted by atomic mass is 10.1. The number of halogens is 1. The normalized spacial score (nSPS) is 11.9. The first-order valence-electron chi connectivity index (χ1n) is 10.0. The molecule has 5 aromatic rings. The maximum atomic E-state index is 13.2. The minimum absolute atomic E-state index is 0.182. The molecule has 32 heavy (non-hydrogen) atoms. The van der Waals surface area contributed by atoms with Gasteiger partial charge in [0.25, 0.3) is 5.56 Å². The van der Waals surface area contributed by atoms with E-state index in [2.05, 4.69) is 41.4 Å². The van der Waals surface area contributed by atoms with E-state index in [1.165, 1.54) is 21.3 Å². The molecule has 0 unspecified atom stereocenters. The van der Waals surface area contributed by atoms with Gasteiger partial charge in [-0.15, -0.1) is 10.2 Å². The zero-order valence-corrected chi connectivity index (χ0v) is 18.7. The number of fused-ring (bicyclic) bond motifs is 1. The number of nitrogens with zero attached hydrogens (tertiary/aromatic N) is 3. The molecule has 0 N–H and O–H groups in total. The van der Waals surface area contributed by atoms with Gasteiger partial charge in [-0.1, -0.05) is 83.1 Å². The first-order valence-corrected chi connectivity index (χ1v) is 11.2. The molecule has 0 spiro atoms. The van der Waals surface area contributed by atoms with Gasteiger partial charge in [-0.25, -0.2) is 4.40 Å². The quantitative estimate of drug-likeness (QED) is 0.375. The number of aryl methyl sites for hydroxylation is 1. The summed E-state index contributed by atoms with van der Waals surface area (Å²) in [6, 6.07) is 23.2. The molecule has 0 fully saturated rings. The van der Waals surface area contributed by atoms with E-state index in [1.807, 2.05) is 48.5 Å². The molecule has 2 aromatic heterocycles. The van der Waals surface area contributed by atoms with Gasteiger partial charge in [0, 0.05) is 11.1 Å². The molecule has 0 aliphatic carbocycles. The van der Waals surface area contributed by atoms with Crippen molar-refractivity contribution in [2.75, 3.05) is 0 Å². The number of thiazole rings is 1. The molecule has 0 bridgehead atoms. The molecule has 158 valence electrons. The van der Waals surface area contributed by atoms with E-state index in [0.29, 0.717) is 38.3 Å². The predicted octanol–water partition coefficient (Wildman–Crippen LogP) is 4.91. The van der Waals surface area contributed by atoms with E-state index in [4.69, 9.17) is 16.3 Å². The summed E-state index contributed by atoms with van der Waals surface area (Å²) in [6.45, 7) is 2.50. The fourth-order valence-corrected chi connectivity index (χ4v) is 4.52. The number of rotatable bonds is 5. The molecule has 0 aliphatic rings. The van der Waals surface area contributed by atoms with Crippen LogP contribution in [-0.2, 0) is 6.61 Å². The minimum Gasteiger partial charge on any atom is -0.488 e. The number of aromatic nitrogens is 3. The number of para-hydroxylation sites is 1. The van der Waals surface area contributed by atoms with Crippen LogP contribution in [0, 0.1) is 6.92 Å². The summed E-state index contributed by atoms with van der Waals surface area (Å²) in [4.78, 5) is 13.7. The third kappa shape index (κ3) is 3.90.